The number of rotatable bonds is 2. The lowest BCUT2D eigenvalue weighted by molar-refractivity contribution is 0.111. The number of halogens is 1. The quantitative estimate of drug-likeness (QED) is 0.701. The second kappa shape index (κ2) is 3.65. The first kappa shape index (κ1) is 9.58. The van der Waals surface area contributed by atoms with E-state index in [2.05, 4.69) is 4.98 Å². The first-order valence-electron chi connectivity index (χ1n) is 4.45. The van der Waals surface area contributed by atoms with Gasteiger partial charge in [-0.2, -0.15) is 0 Å². The van der Waals surface area contributed by atoms with Gasteiger partial charge in [0.2, 0.25) is 0 Å². The lowest BCUT2D eigenvalue weighted by Crippen LogP contribution is -1.97. The van der Waals surface area contributed by atoms with Gasteiger partial charge in [-0.1, -0.05) is 12.1 Å². The van der Waals surface area contributed by atoms with Crippen molar-refractivity contribution in [2.24, 2.45) is 7.05 Å². The van der Waals surface area contributed by atoms with E-state index in [1.807, 2.05) is 0 Å². The van der Waals surface area contributed by atoms with Crippen LogP contribution in [0.2, 0.25) is 0 Å². The Bertz CT molecular complexity index is 505. The Hall–Kier alpha value is -1.97. The number of carbonyl (C=O) groups is 1. The minimum Gasteiger partial charge on any atom is -0.325 e. The summed E-state index contributed by atoms with van der Waals surface area (Å²) in [7, 11) is 1.72. The predicted molar refractivity (Wildman–Crippen MR) is 54.0 cm³/mol. The fourth-order valence-electron chi connectivity index (χ4n) is 1.45. The molecule has 0 atom stereocenters. The van der Waals surface area contributed by atoms with Crippen molar-refractivity contribution >= 4 is 6.29 Å². The number of aromatic nitrogens is 2. The van der Waals surface area contributed by atoms with Gasteiger partial charge in [-0.25, -0.2) is 9.37 Å². The molecule has 1 aromatic carbocycles. The van der Waals surface area contributed by atoms with Gasteiger partial charge in [-0.05, 0) is 12.1 Å². The highest BCUT2D eigenvalue weighted by Crippen LogP contribution is 2.19. The van der Waals surface area contributed by atoms with Crippen molar-refractivity contribution in [1.29, 1.82) is 0 Å². The van der Waals surface area contributed by atoms with Crippen LogP contribution in [0.4, 0.5) is 4.39 Å². The molecule has 0 radical (unpaired) electrons. The van der Waals surface area contributed by atoms with Crippen LogP contribution in [0.1, 0.15) is 10.6 Å². The Balaban J connectivity index is 2.54. The number of hydrogen-bond donors (Lipinski definition) is 0. The zero-order chi connectivity index (χ0) is 10.8. The van der Waals surface area contributed by atoms with Gasteiger partial charge in [-0.3, -0.25) is 4.79 Å². The molecule has 2 aromatic rings. The van der Waals surface area contributed by atoms with E-state index in [9.17, 15) is 9.18 Å². The molecule has 15 heavy (non-hydrogen) atoms. The number of imidazole rings is 1. The first-order chi connectivity index (χ1) is 7.22. The van der Waals surface area contributed by atoms with Crippen molar-refractivity contribution in [2.45, 2.75) is 0 Å². The second-order valence-corrected chi connectivity index (χ2v) is 3.19. The molecule has 0 amide bonds. The fraction of sp³-hybridized carbons (Fsp3) is 0.0909. The van der Waals surface area contributed by atoms with E-state index in [1.165, 1.54) is 12.1 Å². The summed E-state index contributed by atoms with van der Waals surface area (Å²) >= 11 is 0. The third-order valence-corrected chi connectivity index (χ3v) is 2.25. The summed E-state index contributed by atoms with van der Waals surface area (Å²) in [4.78, 5) is 14.5. The van der Waals surface area contributed by atoms with E-state index < -0.39 is 0 Å². The Kier molecular flexibility index (Phi) is 2.33. The van der Waals surface area contributed by atoms with Gasteiger partial charge >= 0.3 is 0 Å². The van der Waals surface area contributed by atoms with Crippen molar-refractivity contribution in [3.63, 3.8) is 0 Å². The monoisotopic (exact) mass is 204 g/mol. The molecule has 0 fully saturated rings. The summed E-state index contributed by atoms with van der Waals surface area (Å²) in [6, 6.07) is 6.18. The predicted octanol–water partition coefficient (Wildman–Crippen LogP) is 2.04. The third kappa shape index (κ3) is 1.66. The Morgan fingerprint density at radius 1 is 1.47 bits per heavy atom. The average Bonchev–Trinajstić information content (AvgIpc) is 2.59. The van der Waals surface area contributed by atoms with Crippen LogP contribution >= 0.6 is 0 Å². The normalized spacial score (nSPS) is 10.3. The minimum atomic E-state index is -0.304. The summed E-state index contributed by atoms with van der Waals surface area (Å²) < 4.78 is 14.6. The van der Waals surface area contributed by atoms with Crippen molar-refractivity contribution in [3.05, 3.63) is 42.1 Å². The van der Waals surface area contributed by atoms with Crippen LogP contribution in [0, 0.1) is 5.82 Å². The molecular weight excluding hydrogens is 195 g/mol. The molecule has 0 aliphatic rings. The number of hydrogen-bond acceptors (Lipinski definition) is 2. The Labute approximate surface area is 86.2 Å². The highest BCUT2D eigenvalue weighted by Gasteiger charge is 2.07. The van der Waals surface area contributed by atoms with Crippen molar-refractivity contribution in [3.8, 4) is 11.3 Å². The molecule has 0 unspecified atom stereocenters. The van der Waals surface area contributed by atoms with Crippen LogP contribution in [0.25, 0.3) is 11.3 Å². The molecule has 0 N–H and O–H groups in total. The van der Waals surface area contributed by atoms with E-state index in [0.717, 1.165) is 5.69 Å². The van der Waals surface area contributed by atoms with Crippen LogP contribution < -0.4 is 0 Å². The van der Waals surface area contributed by atoms with Crippen LogP contribution in [0.5, 0.6) is 0 Å². The maximum atomic E-state index is 13.0. The number of carbonyl (C=O) groups excluding carboxylic acids is 1. The van der Waals surface area contributed by atoms with Gasteiger partial charge in [0.1, 0.15) is 5.82 Å². The maximum Gasteiger partial charge on any atom is 0.185 e. The summed E-state index contributed by atoms with van der Waals surface area (Å²) in [5, 5.41) is 0. The Morgan fingerprint density at radius 2 is 2.27 bits per heavy atom. The number of nitrogens with zero attached hydrogens (tertiary/aromatic N) is 2. The lowest BCUT2D eigenvalue weighted by atomic mass is 10.1. The first-order valence-corrected chi connectivity index (χ1v) is 4.45. The summed E-state index contributed by atoms with van der Waals surface area (Å²) in [6.07, 6.45) is 2.22. The largest absolute Gasteiger partial charge is 0.325 e. The van der Waals surface area contributed by atoms with Crippen LogP contribution in [0.3, 0.4) is 0 Å². The van der Waals surface area contributed by atoms with E-state index >= 15 is 0 Å². The molecule has 1 aromatic heterocycles. The molecule has 3 nitrogen and oxygen atoms in total. The number of aldehydes is 1. The SMILES string of the molecule is Cn1c(-c2cccc(F)c2)cnc1C=O. The molecular formula is C11H9FN2O. The average molecular weight is 204 g/mol. The van der Waals surface area contributed by atoms with Crippen LogP contribution in [0.15, 0.2) is 30.5 Å². The van der Waals surface area contributed by atoms with E-state index in [0.29, 0.717) is 17.7 Å². The molecule has 0 saturated carbocycles. The second-order valence-electron chi connectivity index (χ2n) is 3.19. The minimum absolute atomic E-state index is 0.304. The van der Waals surface area contributed by atoms with E-state index in [1.54, 1.807) is 29.9 Å². The van der Waals surface area contributed by atoms with Gasteiger partial charge in [-0.15, -0.1) is 0 Å². The third-order valence-electron chi connectivity index (χ3n) is 2.25. The van der Waals surface area contributed by atoms with Crippen LogP contribution in [-0.2, 0) is 7.05 Å². The molecule has 0 saturated heterocycles. The highest BCUT2D eigenvalue weighted by atomic mass is 19.1. The van der Waals surface area contributed by atoms with Gasteiger partial charge in [0, 0.05) is 12.6 Å². The topological polar surface area (TPSA) is 34.9 Å². The van der Waals surface area contributed by atoms with Crippen LogP contribution in [-0.4, -0.2) is 15.8 Å². The summed E-state index contributed by atoms with van der Waals surface area (Å²) in [5.74, 6) is 0.0237. The standard InChI is InChI=1S/C11H9FN2O/c1-14-10(6-13-11(14)7-15)8-3-2-4-9(12)5-8/h2-7H,1H3. The van der Waals surface area contributed by atoms with Gasteiger partial charge in [0.25, 0.3) is 0 Å². The van der Waals surface area contributed by atoms with Crippen molar-refractivity contribution < 1.29 is 9.18 Å². The van der Waals surface area contributed by atoms with E-state index in [4.69, 9.17) is 0 Å². The Morgan fingerprint density at radius 3 is 2.87 bits per heavy atom. The summed E-state index contributed by atoms with van der Waals surface area (Å²) in [6.45, 7) is 0. The fourth-order valence-corrected chi connectivity index (χ4v) is 1.45. The number of benzene rings is 1. The zero-order valence-corrected chi connectivity index (χ0v) is 8.14. The lowest BCUT2D eigenvalue weighted by Gasteiger charge is -2.02. The van der Waals surface area contributed by atoms with Gasteiger partial charge in [0.05, 0.1) is 11.9 Å². The molecule has 76 valence electrons. The molecule has 0 aliphatic carbocycles. The van der Waals surface area contributed by atoms with Crippen molar-refractivity contribution in [1.82, 2.24) is 9.55 Å². The maximum absolute atomic E-state index is 13.0. The van der Waals surface area contributed by atoms with Gasteiger partial charge in [0.15, 0.2) is 12.1 Å². The molecule has 4 heteroatoms. The molecule has 0 bridgehead atoms. The van der Waals surface area contributed by atoms with E-state index in [-0.39, 0.29) is 5.82 Å². The molecule has 0 spiro atoms. The van der Waals surface area contributed by atoms with Gasteiger partial charge < -0.3 is 4.57 Å². The molecule has 1 heterocycles. The smallest absolute Gasteiger partial charge is 0.185 e. The highest BCUT2D eigenvalue weighted by molar-refractivity contribution is 5.72. The molecule has 2 rings (SSSR count). The van der Waals surface area contributed by atoms with Crippen molar-refractivity contribution in [2.75, 3.05) is 0 Å². The molecule has 0 aliphatic heterocycles. The summed E-state index contributed by atoms with van der Waals surface area (Å²) in [5.41, 5.74) is 1.43. The zero-order valence-electron chi connectivity index (χ0n) is 8.14.